The number of pyridine rings is 2. The number of nitrogens with zero attached hydrogens (tertiary/aromatic N) is 6. The summed E-state index contributed by atoms with van der Waals surface area (Å²) in [5.74, 6) is -2.77. The number of oxime groups is 1. The number of thiazole rings is 1. The van der Waals surface area contributed by atoms with E-state index >= 15 is 0 Å². The predicted octanol–water partition coefficient (Wildman–Crippen LogP) is 0.421. The molecule has 2 saturated heterocycles. The first kappa shape index (κ1) is 37.3. The minimum Gasteiger partial charge on any atom is -0.477 e. The number of anilines is 1. The normalized spacial score (nSPS) is 23.6. The van der Waals surface area contributed by atoms with Gasteiger partial charge in [-0.05, 0) is 37.8 Å². The number of carboxylic acids is 1. The first-order valence-corrected chi connectivity index (χ1v) is 21.6. The third kappa shape index (κ3) is 6.44. The van der Waals surface area contributed by atoms with Crippen molar-refractivity contribution in [3.8, 4) is 0 Å². The van der Waals surface area contributed by atoms with Gasteiger partial charge in [-0.1, -0.05) is 5.16 Å². The van der Waals surface area contributed by atoms with E-state index in [9.17, 15) is 29.1 Å². The Hall–Kier alpha value is -5.27. The number of aryl methyl sites for hydroxylation is 2. The maximum atomic E-state index is 14.5. The van der Waals surface area contributed by atoms with Crippen molar-refractivity contribution in [1.82, 2.24) is 25.4 Å². The molecule has 5 N–H and O–H groups in total. The van der Waals surface area contributed by atoms with E-state index in [2.05, 4.69) is 42.0 Å². The van der Waals surface area contributed by atoms with Gasteiger partial charge >= 0.3 is 5.97 Å². The number of carbonyl (C=O) groups excluding carboxylic acids is 4. The Bertz CT molecular complexity index is 2360. The summed E-state index contributed by atoms with van der Waals surface area (Å²) in [5, 5.41) is 20.4. The van der Waals surface area contributed by atoms with Gasteiger partial charge in [-0.3, -0.25) is 29.0 Å². The molecule has 0 radical (unpaired) electrons. The Morgan fingerprint density at radius 2 is 1.46 bits per heavy atom. The molecular formula is C38H39N9O7S3+2. The van der Waals surface area contributed by atoms with E-state index in [1.54, 1.807) is 5.38 Å². The Morgan fingerprint density at radius 3 is 2.00 bits per heavy atom. The number of nitrogens with one attached hydrogen (secondary N) is 2. The summed E-state index contributed by atoms with van der Waals surface area (Å²) in [6.45, 7) is 0.703. The minimum atomic E-state index is -1.19. The number of nitrogens with two attached hydrogens (primary N) is 1. The Balaban J connectivity index is 0.976. The van der Waals surface area contributed by atoms with Gasteiger partial charge in [0.2, 0.25) is 0 Å². The molecule has 6 aliphatic rings. The van der Waals surface area contributed by atoms with Gasteiger partial charge in [-0.25, -0.2) is 9.78 Å². The first-order chi connectivity index (χ1) is 27.6. The average molecular weight is 830 g/mol. The number of hydrogen-bond acceptors (Lipinski definition) is 12. The van der Waals surface area contributed by atoms with Gasteiger partial charge in [0.05, 0.1) is 0 Å². The molecule has 2 fully saturated rings. The third-order valence-electron chi connectivity index (χ3n) is 11.3. The maximum absolute atomic E-state index is 14.5. The van der Waals surface area contributed by atoms with Crippen LogP contribution >= 0.6 is 34.9 Å². The number of β-lactam (4-membered cyclic amide) rings is 2. The molecule has 0 aromatic carbocycles. The monoisotopic (exact) mass is 829 g/mol. The molecule has 4 aliphatic heterocycles. The lowest BCUT2D eigenvalue weighted by Gasteiger charge is -2.51. The average Bonchev–Trinajstić information content (AvgIpc) is 3.99. The smallest absolute Gasteiger partial charge is 0.352 e. The second-order valence-electron chi connectivity index (χ2n) is 14.5. The second-order valence-corrected chi connectivity index (χ2v) is 17.6. The highest BCUT2D eigenvalue weighted by Crippen LogP contribution is 2.43. The number of carboxylic acid groups (broad SMARTS) is 1. The van der Waals surface area contributed by atoms with Crippen LogP contribution in [0, 0.1) is 0 Å². The summed E-state index contributed by atoms with van der Waals surface area (Å²) < 4.78 is 4.19. The highest BCUT2D eigenvalue weighted by atomic mass is 32.2. The van der Waals surface area contributed by atoms with E-state index in [-0.39, 0.29) is 27.9 Å². The summed E-state index contributed by atoms with van der Waals surface area (Å²) in [6.07, 6.45) is 9.75. The van der Waals surface area contributed by atoms with Crippen molar-refractivity contribution in [2.24, 2.45) is 5.16 Å². The van der Waals surface area contributed by atoms with Crippen molar-refractivity contribution in [2.75, 3.05) is 24.3 Å². The maximum Gasteiger partial charge on any atom is 0.352 e. The van der Waals surface area contributed by atoms with Crippen LogP contribution in [0.5, 0.6) is 0 Å². The zero-order chi connectivity index (χ0) is 39.5. The SMILES string of the molecule is CO/N=C(\C(=O)N[C@@H]1C(=O)N2C(C(=O)N[C@@H]3C(=O)N4C(C(=O)O)=C(C[n+]5cccc6c5CCC6)CS[C@H]34)=C(C[n+]3cccc4c3CCC4)CS[C@H]12)c1csc(N)n1. The molecule has 2 aliphatic carbocycles. The predicted molar refractivity (Wildman–Crippen MR) is 209 cm³/mol. The molecule has 19 heteroatoms. The highest BCUT2D eigenvalue weighted by Gasteiger charge is 2.58. The Kier molecular flexibility index (Phi) is 9.76. The van der Waals surface area contributed by atoms with Gasteiger partial charge in [0.25, 0.3) is 23.6 Å². The lowest BCUT2D eigenvalue weighted by atomic mass is 9.99. The van der Waals surface area contributed by atoms with Crippen LogP contribution in [0.4, 0.5) is 5.13 Å². The number of carbonyl (C=O) groups is 5. The molecule has 294 valence electrons. The quantitative estimate of drug-likeness (QED) is 0.0903. The number of aromatic nitrogens is 3. The summed E-state index contributed by atoms with van der Waals surface area (Å²) >= 11 is 3.96. The van der Waals surface area contributed by atoms with Crippen molar-refractivity contribution in [1.29, 1.82) is 0 Å². The number of aliphatic carboxylic acids is 1. The van der Waals surface area contributed by atoms with Gasteiger partial charge in [-0.2, -0.15) is 9.13 Å². The molecule has 16 nitrogen and oxygen atoms in total. The van der Waals surface area contributed by atoms with Crippen LogP contribution in [0.15, 0.2) is 69.7 Å². The number of thioether (sulfide) groups is 2. The van der Waals surface area contributed by atoms with E-state index in [0.29, 0.717) is 35.7 Å². The van der Waals surface area contributed by atoms with Crippen LogP contribution in [-0.2, 0) is 67.6 Å². The molecule has 7 heterocycles. The second kappa shape index (κ2) is 14.9. The molecule has 0 bridgehead atoms. The molecule has 0 unspecified atom stereocenters. The molecule has 0 saturated carbocycles. The zero-order valence-electron chi connectivity index (χ0n) is 30.8. The van der Waals surface area contributed by atoms with E-state index in [0.717, 1.165) is 49.9 Å². The fourth-order valence-electron chi connectivity index (χ4n) is 8.67. The van der Waals surface area contributed by atoms with Gasteiger partial charge < -0.3 is 26.3 Å². The van der Waals surface area contributed by atoms with E-state index in [1.807, 2.05) is 24.5 Å². The van der Waals surface area contributed by atoms with Crippen molar-refractivity contribution in [3.63, 3.8) is 0 Å². The molecular weight excluding hydrogens is 791 g/mol. The van der Waals surface area contributed by atoms with Crippen LogP contribution < -0.4 is 25.5 Å². The lowest BCUT2D eigenvalue weighted by molar-refractivity contribution is -0.696. The number of hydrogen-bond donors (Lipinski definition) is 4. The number of rotatable bonds is 11. The van der Waals surface area contributed by atoms with Crippen LogP contribution in [-0.4, -0.2) is 96.6 Å². The Morgan fingerprint density at radius 1 is 0.895 bits per heavy atom. The number of nitrogen functional groups attached to an aromatic ring is 1. The van der Waals surface area contributed by atoms with Crippen molar-refractivity contribution in [2.45, 2.75) is 74.4 Å². The molecule has 3 aromatic rings. The molecule has 3 aromatic heterocycles. The van der Waals surface area contributed by atoms with Gasteiger partial charge in [0.1, 0.15) is 47.0 Å². The number of fused-ring (bicyclic) bond motifs is 4. The van der Waals surface area contributed by atoms with Gasteiger partial charge in [0.15, 0.2) is 47.7 Å². The molecule has 4 amide bonds. The summed E-state index contributed by atoms with van der Waals surface area (Å²) in [5.41, 5.74) is 12.1. The van der Waals surface area contributed by atoms with Crippen LogP contribution in [0.1, 0.15) is 41.1 Å². The fraction of sp³-hybridized carbons (Fsp3) is 0.395. The Labute approximate surface area is 339 Å². The molecule has 4 atom stereocenters. The molecule has 9 rings (SSSR count). The van der Waals surface area contributed by atoms with E-state index < -0.39 is 52.4 Å². The summed E-state index contributed by atoms with van der Waals surface area (Å²) in [6, 6.07) is 6.15. The van der Waals surface area contributed by atoms with E-state index in [1.165, 1.54) is 62.9 Å². The first-order valence-electron chi connectivity index (χ1n) is 18.6. The van der Waals surface area contributed by atoms with E-state index in [4.69, 9.17) is 10.6 Å². The topological polar surface area (TPSA) is 204 Å². The number of amides is 4. The largest absolute Gasteiger partial charge is 0.477 e. The van der Waals surface area contributed by atoms with Crippen molar-refractivity contribution >= 4 is 75.3 Å². The third-order valence-corrected chi connectivity index (χ3v) is 14.6. The van der Waals surface area contributed by atoms with Crippen LogP contribution in [0.25, 0.3) is 0 Å². The molecule has 57 heavy (non-hydrogen) atoms. The summed E-state index contributed by atoms with van der Waals surface area (Å²) in [4.78, 5) is 80.2. The standard InChI is InChI=1S/C38H37N9O7S3/c1-54-43-26(23-18-57-38(39)40-23)31(48)41-27-33(50)46-29(21(16-55-35(27)46)14-44-12-4-8-19-6-2-10-24(19)44)32(49)42-28-34(51)47-30(37(52)53)22(17-56-36(28)47)15-45-13-5-9-20-7-3-11-25(20)45/h4-5,8-9,12-13,18,27-28,35-36H,2-3,6-7,10-11,14-17H2,1H3,(H3-2,39,40,41,42,48,49,52,53)/p+2/b43-26-/t27-,28-,35-,36-/m1/s1. The zero-order valence-corrected chi connectivity index (χ0v) is 33.3. The molecule has 0 spiro atoms. The highest BCUT2D eigenvalue weighted by molar-refractivity contribution is 8.00. The van der Waals surface area contributed by atoms with Gasteiger partial charge in [-0.15, -0.1) is 34.9 Å². The minimum absolute atomic E-state index is 0.0473. The van der Waals surface area contributed by atoms with Crippen LogP contribution in [0.2, 0.25) is 0 Å². The van der Waals surface area contributed by atoms with Crippen molar-refractivity contribution in [3.05, 3.63) is 92.8 Å². The summed E-state index contributed by atoms with van der Waals surface area (Å²) in [7, 11) is 1.29. The fourth-order valence-corrected chi connectivity index (χ4v) is 11.9. The van der Waals surface area contributed by atoms with Crippen molar-refractivity contribution < 1.29 is 43.1 Å². The lowest BCUT2D eigenvalue weighted by Crippen LogP contribution is -2.74. The van der Waals surface area contributed by atoms with Gasteiger partial charge in [0, 0.05) is 64.1 Å². The van der Waals surface area contributed by atoms with Crippen LogP contribution in [0.3, 0.4) is 0 Å².